The van der Waals surface area contributed by atoms with Crippen LogP contribution in [0.4, 0.5) is 10.9 Å². The maximum Gasteiger partial charge on any atom is 0.205 e. The Morgan fingerprint density at radius 3 is 2.90 bits per heavy atom. The smallest absolute Gasteiger partial charge is 0.205 e. The first kappa shape index (κ1) is 15.6. The van der Waals surface area contributed by atoms with Crippen LogP contribution in [0, 0.1) is 0 Å². The molecule has 2 rings (SSSR count). The Kier molecular flexibility index (Phi) is 5.40. The summed E-state index contributed by atoms with van der Waals surface area (Å²) < 4.78 is 11.7. The molecule has 0 saturated heterocycles. The third-order valence-corrected chi connectivity index (χ3v) is 3.92. The third-order valence-electron chi connectivity index (χ3n) is 2.47. The molecule has 6 nitrogen and oxygen atoms in total. The van der Waals surface area contributed by atoms with Gasteiger partial charge in [0, 0.05) is 15.4 Å². The van der Waals surface area contributed by atoms with Gasteiger partial charge < -0.3 is 15.2 Å². The fourth-order valence-electron chi connectivity index (χ4n) is 1.57. The van der Waals surface area contributed by atoms with E-state index in [-0.39, 0.29) is 0 Å². The van der Waals surface area contributed by atoms with Crippen molar-refractivity contribution in [3.8, 4) is 11.5 Å². The van der Waals surface area contributed by atoms with Gasteiger partial charge in [-0.05, 0) is 35.0 Å². The normalized spacial score (nSPS) is 10.8. The first-order valence-electron chi connectivity index (χ1n) is 6.14. The lowest BCUT2D eigenvalue weighted by Crippen LogP contribution is -1.98. The minimum absolute atomic E-state index is 0.474. The second kappa shape index (κ2) is 7.28. The van der Waals surface area contributed by atoms with Crippen molar-refractivity contribution in [2.45, 2.75) is 6.92 Å². The Morgan fingerprint density at radius 2 is 2.29 bits per heavy atom. The highest BCUT2D eigenvalue weighted by molar-refractivity contribution is 9.10. The van der Waals surface area contributed by atoms with E-state index in [2.05, 4.69) is 31.4 Å². The van der Waals surface area contributed by atoms with Gasteiger partial charge in [0.25, 0.3) is 0 Å². The number of nitrogens with one attached hydrogen (secondary N) is 1. The molecule has 0 aliphatic rings. The second-order valence-corrected chi connectivity index (χ2v) is 5.62. The fraction of sp³-hybridized carbons (Fsp3) is 0.231. The number of anilines is 2. The molecule has 0 unspecified atom stereocenters. The van der Waals surface area contributed by atoms with Gasteiger partial charge in [-0.3, -0.25) is 5.43 Å². The summed E-state index contributed by atoms with van der Waals surface area (Å²) in [5.41, 5.74) is 9.22. The van der Waals surface area contributed by atoms with Crippen molar-refractivity contribution in [2.24, 2.45) is 5.10 Å². The summed E-state index contributed by atoms with van der Waals surface area (Å²) in [6.07, 6.45) is 1.67. The van der Waals surface area contributed by atoms with Gasteiger partial charge in [0.1, 0.15) is 5.82 Å². The molecule has 21 heavy (non-hydrogen) atoms. The molecule has 0 bridgehead atoms. The van der Waals surface area contributed by atoms with Gasteiger partial charge >= 0.3 is 0 Å². The number of thiazole rings is 1. The van der Waals surface area contributed by atoms with E-state index >= 15 is 0 Å². The Bertz CT molecular complexity index is 645. The lowest BCUT2D eigenvalue weighted by atomic mass is 10.2. The number of nitrogens with zero attached hydrogens (tertiary/aromatic N) is 2. The zero-order valence-electron chi connectivity index (χ0n) is 11.6. The van der Waals surface area contributed by atoms with Crippen LogP contribution >= 0.6 is 27.3 Å². The highest BCUT2D eigenvalue weighted by atomic mass is 79.9. The maximum atomic E-state index is 5.54. The topological polar surface area (TPSA) is 81.8 Å². The van der Waals surface area contributed by atoms with Crippen LogP contribution in [0.2, 0.25) is 0 Å². The molecule has 1 aromatic carbocycles. The molecule has 112 valence electrons. The van der Waals surface area contributed by atoms with E-state index in [1.165, 1.54) is 11.3 Å². The number of hydrazone groups is 1. The summed E-state index contributed by atoms with van der Waals surface area (Å²) in [4.78, 5) is 4.05. The molecule has 0 amide bonds. The Hall–Kier alpha value is -1.80. The first-order chi connectivity index (χ1) is 10.1. The molecule has 0 aliphatic heterocycles. The van der Waals surface area contributed by atoms with Crippen LogP contribution in [-0.2, 0) is 0 Å². The standard InChI is InChI=1S/C13H15BrN4O2S/c1-3-20-11-4-8(9(14)5-10(11)19-2)6-16-18-13-17-12(15)7-21-13/h4-7H,3,15H2,1-2H3,(H,17,18). The molecular weight excluding hydrogens is 356 g/mol. The Morgan fingerprint density at radius 1 is 1.48 bits per heavy atom. The van der Waals surface area contributed by atoms with E-state index in [9.17, 15) is 0 Å². The van der Waals surface area contributed by atoms with E-state index in [1.807, 2.05) is 19.1 Å². The molecular formula is C13H15BrN4O2S. The number of hydrogen-bond acceptors (Lipinski definition) is 7. The lowest BCUT2D eigenvalue weighted by Gasteiger charge is -2.11. The average molecular weight is 371 g/mol. The van der Waals surface area contributed by atoms with Crippen LogP contribution in [-0.4, -0.2) is 24.9 Å². The number of hydrogen-bond donors (Lipinski definition) is 2. The van der Waals surface area contributed by atoms with E-state index < -0.39 is 0 Å². The van der Waals surface area contributed by atoms with E-state index in [1.54, 1.807) is 18.7 Å². The van der Waals surface area contributed by atoms with Crippen LogP contribution in [0.5, 0.6) is 11.5 Å². The molecule has 0 saturated carbocycles. The van der Waals surface area contributed by atoms with Crippen molar-refractivity contribution in [3.05, 3.63) is 27.5 Å². The molecule has 0 atom stereocenters. The predicted molar refractivity (Wildman–Crippen MR) is 89.6 cm³/mol. The van der Waals surface area contributed by atoms with Crippen LogP contribution in [0.25, 0.3) is 0 Å². The zero-order valence-corrected chi connectivity index (χ0v) is 14.0. The Balaban J connectivity index is 2.16. The quantitative estimate of drug-likeness (QED) is 0.601. The van der Waals surface area contributed by atoms with E-state index in [0.29, 0.717) is 29.1 Å². The van der Waals surface area contributed by atoms with Crippen LogP contribution in [0.1, 0.15) is 12.5 Å². The minimum atomic E-state index is 0.474. The summed E-state index contributed by atoms with van der Waals surface area (Å²) in [6.45, 7) is 2.48. The lowest BCUT2D eigenvalue weighted by molar-refractivity contribution is 0.311. The van der Waals surface area contributed by atoms with Crippen molar-refractivity contribution in [1.29, 1.82) is 0 Å². The number of nitrogen functional groups attached to an aromatic ring is 1. The fourth-order valence-corrected chi connectivity index (χ4v) is 2.55. The second-order valence-electron chi connectivity index (χ2n) is 3.91. The van der Waals surface area contributed by atoms with Crippen LogP contribution in [0.15, 0.2) is 27.1 Å². The van der Waals surface area contributed by atoms with Crippen molar-refractivity contribution in [3.63, 3.8) is 0 Å². The molecule has 1 heterocycles. The van der Waals surface area contributed by atoms with Crippen LogP contribution < -0.4 is 20.6 Å². The van der Waals surface area contributed by atoms with Gasteiger partial charge in [-0.2, -0.15) is 5.10 Å². The SMILES string of the molecule is CCOc1cc(C=NNc2nc(N)cs2)c(Br)cc1OC. The number of benzene rings is 1. The predicted octanol–water partition coefficient (Wildman–Crippen LogP) is 3.34. The molecule has 0 radical (unpaired) electrons. The van der Waals surface area contributed by atoms with E-state index in [4.69, 9.17) is 15.2 Å². The number of halogens is 1. The molecule has 3 N–H and O–H groups in total. The van der Waals surface area contributed by atoms with Crippen molar-refractivity contribution in [1.82, 2.24) is 4.98 Å². The van der Waals surface area contributed by atoms with Gasteiger partial charge in [-0.1, -0.05) is 0 Å². The van der Waals surface area contributed by atoms with Gasteiger partial charge in [-0.25, -0.2) is 4.98 Å². The Labute approximate surface area is 135 Å². The monoisotopic (exact) mass is 370 g/mol. The third kappa shape index (κ3) is 4.08. The highest BCUT2D eigenvalue weighted by Gasteiger charge is 2.08. The molecule has 0 fully saturated rings. The van der Waals surface area contributed by atoms with Gasteiger partial charge in [0.2, 0.25) is 5.13 Å². The average Bonchev–Trinajstić information content (AvgIpc) is 2.87. The summed E-state index contributed by atoms with van der Waals surface area (Å²) >= 11 is 4.87. The van der Waals surface area contributed by atoms with Crippen molar-refractivity contribution < 1.29 is 9.47 Å². The summed E-state index contributed by atoms with van der Waals surface area (Å²) in [5, 5.41) is 6.52. The maximum absolute atomic E-state index is 5.54. The number of methoxy groups -OCH3 is 1. The number of rotatable bonds is 6. The van der Waals surface area contributed by atoms with Gasteiger partial charge in [0.05, 0.1) is 19.9 Å². The number of aromatic nitrogens is 1. The van der Waals surface area contributed by atoms with Gasteiger partial charge in [-0.15, -0.1) is 11.3 Å². The highest BCUT2D eigenvalue weighted by Crippen LogP contribution is 2.32. The van der Waals surface area contributed by atoms with E-state index in [0.717, 1.165) is 10.0 Å². The van der Waals surface area contributed by atoms with Crippen molar-refractivity contribution in [2.75, 3.05) is 24.9 Å². The largest absolute Gasteiger partial charge is 0.493 e. The van der Waals surface area contributed by atoms with Crippen molar-refractivity contribution >= 4 is 44.4 Å². The number of ether oxygens (including phenoxy) is 2. The zero-order chi connectivity index (χ0) is 15.2. The summed E-state index contributed by atoms with van der Waals surface area (Å²) in [7, 11) is 1.60. The molecule has 8 heteroatoms. The molecule has 0 spiro atoms. The molecule has 1 aromatic heterocycles. The van der Waals surface area contributed by atoms with Crippen LogP contribution in [0.3, 0.4) is 0 Å². The molecule has 2 aromatic rings. The summed E-state index contributed by atoms with van der Waals surface area (Å²) in [6, 6.07) is 3.70. The first-order valence-corrected chi connectivity index (χ1v) is 7.81. The summed E-state index contributed by atoms with van der Waals surface area (Å²) in [5.74, 6) is 1.81. The van der Waals surface area contributed by atoms with Gasteiger partial charge in [0.15, 0.2) is 11.5 Å². The molecule has 0 aliphatic carbocycles. The minimum Gasteiger partial charge on any atom is -0.493 e. The number of nitrogens with two attached hydrogens (primary N) is 1.